The first-order valence-corrected chi connectivity index (χ1v) is 12.4. The number of ether oxygens (including phenoxy) is 2. The third kappa shape index (κ3) is 12.5. The Labute approximate surface area is 196 Å². The molecule has 4 heteroatoms. The molecular weight excluding hydrogens is 400 g/mol. The van der Waals surface area contributed by atoms with Crippen LogP contribution in [0.5, 0.6) is 0 Å². The number of aryl methyl sites for hydroxylation is 1. The standard InChI is InChI=1S/C24H40O3.C4H6O/c1-3-4-5-6-20-7-9-22(10-8-20)23-11-12-24(27-18-15-23)19-21(13-16-25)14-17-26-2;1-4(2)3-5/h7-10,21,23-25H,3-6,11-19H2,1-2H3;3H,1H2,2H3. The van der Waals surface area contributed by atoms with Crippen molar-refractivity contribution in [3.05, 3.63) is 47.5 Å². The van der Waals surface area contributed by atoms with E-state index in [0.29, 0.717) is 23.5 Å². The van der Waals surface area contributed by atoms with E-state index in [2.05, 4.69) is 37.8 Å². The molecular formula is C28H46O4. The molecule has 1 aliphatic heterocycles. The highest BCUT2D eigenvalue weighted by Crippen LogP contribution is 2.32. The zero-order valence-electron chi connectivity index (χ0n) is 20.7. The molecule has 0 spiro atoms. The van der Waals surface area contributed by atoms with E-state index in [-0.39, 0.29) is 6.61 Å². The molecule has 1 N–H and O–H groups in total. The number of aldehydes is 1. The SMILES string of the molecule is C=C(C)C=O.CCCCCc1ccc(C2CCOC(CC(CCO)CCOC)CC2)cc1. The van der Waals surface area contributed by atoms with Gasteiger partial charge in [0.25, 0.3) is 0 Å². The van der Waals surface area contributed by atoms with E-state index in [0.717, 1.165) is 51.6 Å². The number of hydrogen-bond acceptors (Lipinski definition) is 4. The molecule has 4 nitrogen and oxygen atoms in total. The zero-order valence-corrected chi connectivity index (χ0v) is 20.7. The van der Waals surface area contributed by atoms with Gasteiger partial charge >= 0.3 is 0 Å². The van der Waals surface area contributed by atoms with Crippen molar-refractivity contribution in [1.29, 1.82) is 0 Å². The minimum Gasteiger partial charge on any atom is -0.396 e. The van der Waals surface area contributed by atoms with Gasteiger partial charge in [0.1, 0.15) is 6.29 Å². The highest BCUT2D eigenvalue weighted by atomic mass is 16.5. The number of carbonyl (C=O) groups is 1. The molecule has 0 aliphatic carbocycles. The van der Waals surface area contributed by atoms with Gasteiger partial charge in [0.2, 0.25) is 0 Å². The minimum atomic E-state index is 0.258. The number of methoxy groups -OCH3 is 1. The largest absolute Gasteiger partial charge is 0.396 e. The Bertz CT molecular complexity index is 610. The third-order valence-electron chi connectivity index (χ3n) is 6.24. The Kier molecular flexibility index (Phi) is 16.1. The Balaban J connectivity index is 0.000000920. The number of aliphatic hydroxyl groups excluding tert-OH is 1. The summed E-state index contributed by atoms with van der Waals surface area (Å²) in [5.41, 5.74) is 3.52. The fraction of sp³-hybridized carbons (Fsp3) is 0.679. The Morgan fingerprint density at radius 1 is 1.22 bits per heavy atom. The summed E-state index contributed by atoms with van der Waals surface area (Å²) in [6, 6.07) is 9.35. The van der Waals surface area contributed by atoms with E-state index in [1.807, 2.05) is 0 Å². The molecule has 32 heavy (non-hydrogen) atoms. The average Bonchev–Trinajstić information content (AvgIpc) is 3.04. The lowest BCUT2D eigenvalue weighted by molar-refractivity contribution is -0.104. The highest BCUT2D eigenvalue weighted by molar-refractivity contribution is 5.70. The first-order valence-electron chi connectivity index (χ1n) is 12.4. The predicted octanol–water partition coefficient (Wildman–Crippen LogP) is 6.26. The normalized spacial score (nSPS) is 19.4. The van der Waals surface area contributed by atoms with Crippen molar-refractivity contribution >= 4 is 6.29 Å². The average molecular weight is 447 g/mol. The first kappa shape index (κ1) is 28.5. The van der Waals surface area contributed by atoms with Gasteiger partial charge < -0.3 is 14.6 Å². The van der Waals surface area contributed by atoms with Crippen LogP contribution in [0.25, 0.3) is 0 Å². The summed E-state index contributed by atoms with van der Waals surface area (Å²) in [6.45, 7) is 9.10. The first-order chi connectivity index (χ1) is 15.5. The van der Waals surface area contributed by atoms with Gasteiger partial charge in [0.15, 0.2) is 0 Å². The van der Waals surface area contributed by atoms with Crippen molar-refractivity contribution in [2.24, 2.45) is 5.92 Å². The van der Waals surface area contributed by atoms with Crippen LogP contribution in [0.15, 0.2) is 36.4 Å². The smallest absolute Gasteiger partial charge is 0.145 e. The summed E-state index contributed by atoms with van der Waals surface area (Å²) < 4.78 is 11.4. The molecule has 2 rings (SSSR count). The number of hydrogen-bond donors (Lipinski definition) is 1. The number of aliphatic hydroxyl groups is 1. The van der Waals surface area contributed by atoms with E-state index in [1.54, 1.807) is 14.0 Å². The number of benzene rings is 1. The number of allylic oxidation sites excluding steroid dienone is 1. The summed E-state index contributed by atoms with van der Waals surface area (Å²) in [5, 5.41) is 9.32. The molecule has 0 amide bonds. The monoisotopic (exact) mass is 446 g/mol. The van der Waals surface area contributed by atoms with Crippen LogP contribution in [0.2, 0.25) is 0 Å². The second kappa shape index (κ2) is 18.0. The van der Waals surface area contributed by atoms with Gasteiger partial charge in [0, 0.05) is 26.9 Å². The lowest BCUT2D eigenvalue weighted by atomic mass is 9.88. The van der Waals surface area contributed by atoms with E-state index >= 15 is 0 Å². The molecule has 182 valence electrons. The van der Waals surface area contributed by atoms with Crippen molar-refractivity contribution in [1.82, 2.24) is 0 Å². The fourth-order valence-corrected chi connectivity index (χ4v) is 4.27. The Hall–Kier alpha value is -1.49. The lowest BCUT2D eigenvalue weighted by Crippen LogP contribution is -2.19. The second-order valence-corrected chi connectivity index (χ2v) is 9.11. The number of rotatable bonds is 13. The van der Waals surface area contributed by atoms with Gasteiger partial charge in [-0.1, -0.05) is 50.6 Å². The Morgan fingerprint density at radius 3 is 2.53 bits per heavy atom. The highest BCUT2D eigenvalue weighted by Gasteiger charge is 2.23. The molecule has 1 aromatic rings. The van der Waals surface area contributed by atoms with Crippen molar-refractivity contribution < 1.29 is 19.4 Å². The van der Waals surface area contributed by atoms with Crippen molar-refractivity contribution in [2.45, 2.75) is 90.1 Å². The molecule has 0 saturated carbocycles. The van der Waals surface area contributed by atoms with Crippen LogP contribution < -0.4 is 0 Å². The van der Waals surface area contributed by atoms with E-state index < -0.39 is 0 Å². The maximum Gasteiger partial charge on any atom is 0.145 e. The molecule has 3 unspecified atom stereocenters. The van der Waals surface area contributed by atoms with Crippen molar-refractivity contribution in [3.63, 3.8) is 0 Å². The fourth-order valence-electron chi connectivity index (χ4n) is 4.27. The molecule has 3 atom stereocenters. The predicted molar refractivity (Wildman–Crippen MR) is 133 cm³/mol. The van der Waals surface area contributed by atoms with Crippen LogP contribution >= 0.6 is 0 Å². The molecule has 1 saturated heterocycles. The van der Waals surface area contributed by atoms with E-state index in [4.69, 9.17) is 9.47 Å². The van der Waals surface area contributed by atoms with Gasteiger partial charge in [0.05, 0.1) is 6.10 Å². The lowest BCUT2D eigenvalue weighted by Gasteiger charge is -2.22. The van der Waals surface area contributed by atoms with E-state index in [1.165, 1.54) is 43.2 Å². The van der Waals surface area contributed by atoms with Crippen molar-refractivity contribution in [2.75, 3.05) is 26.9 Å². The maximum absolute atomic E-state index is 9.41. The van der Waals surface area contributed by atoms with Gasteiger partial charge in [-0.25, -0.2) is 0 Å². The van der Waals surface area contributed by atoms with Gasteiger partial charge in [-0.15, -0.1) is 0 Å². The van der Waals surface area contributed by atoms with Gasteiger partial charge in [-0.2, -0.15) is 0 Å². The quantitative estimate of drug-likeness (QED) is 0.221. The summed E-state index contributed by atoms with van der Waals surface area (Å²) in [4.78, 5) is 9.41. The third-order valence-corrected chi connectivity index (χ3v) is 6.24. The summed E-state index contributed by atoms with van der Waals surface area (Å²) in [7, 11) is 1.75. The molecule has 1 aromatic carbocycles. The zero-order chi connectivity index (χ0) is 23.6. The molecule has 1 aliphatic rings. The van der Waals surface area contributed by atoms with Crippen molar-refractivity contribution in [3.8, 4) is 0 Å². The Morgan fingerprint density at radius 2 is 1.94 bits per heavy atom. The molecule has 1 heterocycles. The summed E-state index contributed by atoms with van der Waals surface area (Å²) in [5.74, 6) is 1.12. The van der Waals surface area contributed by atoms with Gasteiger partial charge in [-0.3, -0.25) is 4.79 Å². The molecule has 0 radical (unpaired) electrons. The van der Waals surface area contributed by atoms with Crippen LogP contribution in [-0.4, -0.2) is 44.4 Å². The topological polar surface area (TPSA) is 55.8 Å². The number of carbonyl (C=O) groups excluding carboxylic acids is 1. The molecule has 1 fully saturated rings. The molecule has 0 bridgehead atoms. The van der Waals surface area contributed by atoms with Crippen LogP contribution in [0.1, 0.15) is 88.7 Å². The van der Waals surface area contributed by atoms with Crippen LogP contribution in [0.3, 0.4) is 0 Å². The minimum absolute atomic E-state index is 0.258. The molecule has 0 aromatic heterocycles. The van der Waals surface area contributed by atoms with Gasteiger partial charge in [-0.05, 0) is 86.8 Å². The van der Waals surface area contributed by atoms with Crippen LogP contribution in [0.4, 0.5) is 0 Å². The summed E-state index contributed by atoms with van der Waals surface area (Å²) in [6.07, 6.45) is 12.5. The van der Waals surface area contributed by atoms with E-state index in [9.17, 15) is 9.90 Å². The van der Waals surface area contributed by atoms with Crippen LogP contribution in [0, 0.1) is 5.92 Å². The summed E-state index contributed by atoms with van der Waals surface area (Å²) >= 11 is 0. The maximum atomic E-state index is 9.41. The van der Waals surface area contributed by atoms with Crippen LogP contribution in [-0.2, 0) is 20.7 Å². The second-order valence-electron chi connectivity index (χ2n) is 9.11. The number of unbranched alkanes of at least 4 members (excludes halogenated alkanes) is 2.